The minimum Gasteiger partial charge on any atom is -0.378 e. The molecule has 2 aliphatic heterocycles. The molecule has 164 valence electrons. The molecule has 8 nitrogen and oxygen atoms in total. The topological polar surface area (TPSA) is 77.9 Å². The molecule has 0 unspecified atom stereocenters. The average molecular weight is 498 g/mol. The minimum absolute atomic E-state index is 0.293. The molecule has 10 heteroatoms. The number of rotatable bonds is 5. The van der Waals surface area contributed by atoms with Gasteiger partial charge >= 0.3 is 0 Å². The van der Waals surface area contributed by atoms with E-state index in [2.05, 4.69) is 46.5 Å². The maximum atomic E-state index is 14.4. The van der Waals surface area contributed by atoms with Crippen molar-refractivity contribution in [2.45, 2.75) is 0 Å². The van der Waals surface area contributed by atoms with Crippen LogP contribution in [0.5, 0.6) is 0 Å². The number of morpholine rings is 1. The lowest BCUT2D eigenvalue weighted by atomic mass is 10.1. The van der Waals surface area contributed by atoms with Gasteiger partial charge in [-0.05, 0) is 64.5 Å². The lowest BCUT2D eigenvalue weighted by Crippen LogP contribution is -2.36. The lowest BCUT2D eigenvalue weighted by molar-refractivity contribution is 0.122. The summed E-state index contributed by atoms with van der Waals surface area (Å²) in [4.78, 5) is 15.3. The predicted molar refractivity (Wildman–Crippen MR) is 127 cm³/mol. The smallest absolute Gasteiger partial charge is 0.227 e. The zero-order valence-electron chi connectivity index (χ0n) is 17.1. The fourth-order valence-electron chi connectivity index (χ4n) is 3.62. The second kappa shape index (κ2) is 9.09. The number of halogens is 2. The number of nitrogens with one attached hydrogen (secondary N) is 2. The van der Waals surface area contributed by atoms with Gasteiger partial charge in [-0.2, -0.15) is 0 Å². The summed E-state index contributed by atoms with van der Waals surface area (Å²) < 4.78 is 20.5. The highest BCUT2D eigenvalue weighted by Gasteiger charge is 2.15. The summed E-state index contributed by atoms with van der Waals surface area (Å²) in [6.07, 6.45) is 1.67. The third-order valence-electron chi connectivity index (χ3n) is 5.22. The Kier molecular flexibility index (Phi) is 5.87. The molecule has 2 N–H and O–H groups in total. The normalized spacial score (nSPS) is 16.0. The zero-order chi connectivity index (χ0) is 21.9. The Balaban J connectivity index is 1.33. The van der Waals surface area contributed by atoms with Crippen LogP contribution in [0.4, 0.5) is 27.4 Å². The summed E-state index contributed by atoms with van der Waals surface area (Å²) in [5, 5.41) is 5.13. The first-order valence-corrected chi connectivity index (χ1v) is 11.0. The molecule has 1 aromatic heterocycles. The van der Waals surface area contributed by atoms with Crippen molar-refractivity contribution in [2.75, 3.05) is 48.2 Å². The molecule has 0 amide bonds. The molecule has 0 saturated carbocycles. The van der Waals surface area contributed by atoms with Gasteiger partial charge in [0.1, 0.15) is 12.5 Å². The third-order valence-corrected chi connectivity index (χ3v) is 5.65. The van der Waals surface area contributed by atoms with Crippen molar-refractivity contribution < 1.29 is 9.13 Å². The van der Waals surface area contributed by atoms with Crippen molar-refractivity contribution >= 4 is 43.7 Å². The van der Waals surface area contributed by atoms with Crippen molar-refractivity contribution in [3.05, 3.63) is 60.5 Å². The van der Waals surface area contributed by atoms with Gasteiger partial charge in [0.15, 0.2) is 4.74 Å². The van der Waals surface area contributed by atoms with Crippen molar-refractivity contribution in [1.29, 1.82) is 0 Å². The molecule has 3 aromatic rings. The number of benzene rings is 2. The summed E-state index contributed by atoms with van der Waals surface area (Å²) in [6.45, 7) is 3.31. The number of hydrogen-bond donors (Lipinski definition) is 2. The molecule has 2 aromatic carbocycles. The van der Waals surface area contributed by atoms with E-state index < -0.39 is 0 Å². The Morgan fingerprint density at radius 1 is 1.03 bits per heavy atom. The fourth-order valence-corrected chi connectivity index (χ4v) is 3.95. The number of aliphatic imine (C=N–C) groups is 1. The molecule has 32 heavy (non-hydrogen) atoms. The second-order valence-electron chi connectivity index (χ2n) is 7.37. The summed E-state index contributed by atoms with van der Waals surface area (Å²) in [6, 6.07) is 14.6. The van der Waals surface area contributed by atoms with Crippen molar-refractivity contribution in [3.8, 4) is 11.3 Å². The van der Waals surface area contributed by atoms with Gasteiger partial charge in [-0.3, -0.25) is 10.4 Å². The van der Waals surface area contributed by atoms with E-state index in [9.17, 15) is 4.39 Å². The van der Waals surface area contributed by atoms with Crippen LogP contribution in [0.15, 0.2) is 59.7 Å². The lowest BCUT2D eigenvalue weighted by Gasteiger charge is -2.29. The fraction of sp³-hybridized carbons (Fsp3) is 0.227. The van der Waals surface area contributed by atoms with Gasteiger partial charge in [0.25, 0.3) is 0 Å². The predicted octanol–water partition coefficient (Wildman–Crippen LogP) is 3.90. The summed E-state index contributed by atoms with van der Waals surface area (Å²) >= 11 is 3.33. The van der Waals surface area contributed by atoms with Crippen LogP contribution < -0.4 is 20.7 Å². The second-order valence-corrected chi connectivity index (χ2v) is 8.12. The number of hydrogen-bond acceptors (Lipinski definition) is 8. The van der Waals surface area contributed by atoms with E-state index in [1.165, 1.54) is 6.07 Å². The number of ether oxygens (including phenoxy) is 1. The van der Waals surface area contributed by atoms with Gasteiger partial charge in [-0.25, -0.2) is 19.4 Å². The maximum absolute atomic E-state index is 14.4. The number of anilines is 4. The molecule has 0 aliphatic carbocycles. The van der Waals surface area contributed by atoms with Gasteiger partial charge in [0.2, 0.25) is 5.95 Å². The SMILES string of the molecule is Fc1cc(-c2ccnc(Nc3ccc(N4CN=C(Br)N4)cc3)n2)cc(N2CCOCC2)c1. The largest absolute Gasteiger partial charge is 0.378 e. The van der Waals surface area contributed by atoms with E-state index in [1.807, 2.05) is 35.3 Å². The van der Waals surface area contributed by atoms with Crippen molar-refractivity contribution in [1.82, 2.24) is 15.4 Å². The van der Waals surface area contributed by atoms with Gasteiger partial charge < -0.3 is 15.0 Å². The first-order chi connectivity index (χ1) is 15.6. The Labute approximate surface area is 193 Å². The number of hydrazine groups is 1. The molecular weight excluding hydrogens is 477 g/mol. The van der Waals surface area contributed by atoms with E-state index in [0.29, 0.717) is 41.8 Å². The molecule has 0 atom stereocenters. The highest BCUT2D eigenvalue weighted by atomic mass is 79.9. The van der Waals surface area contributed by atoms with Crippen LogP contribution in [-0.4, -0.2) is 47.7 Å². The van der Waals surface area contributed by atoms with Crippen LogP contribution in [0.3, 0.4) is 0 Å². The molecular formula is C22H21BrFN7O. The van der Waals surface area contributed by atoms with Crippen LogP contribution in [0.1, 0.15) is 0 Å². The van der Waals surface area contributed by atoms with Crippen LogP contribution >= 0.6 is 15.9 Å². The number of amidine groups is 1. The van der Waals surface area contributed by atoms with Gasteiger partial charge in [-0.1, -0.05) is 0 Å². The van der Waals surface area contributed by atoms with E-state index in [1.54, 1.807) is 18.3 Å². The van der Waals surface area contributed by atoms with E-state index in [0.717, 1.165) is 30.2 Å². The number of nitrogens with zero attached hydrogens (tertiary/aromatic N) is 5. The van der Waals surface area contributed by atoms with Gasteiger partial charge in [-0.15, -0.1) is 0 Å². The Bertz CT molecular complexity index is 1140. The molecule has 1 saturated heterocycles. The van der Waals surface area contributed by atoms with Crippen LogP contribution in [0.2, 0.25) is 0 Å². The van der Waals surface area contributed by atoms with E-state index >= 15 is 0 Å². The Morgan fingerprint density at radius 3 is 2.59 bits per heavy atom. The molecule has 0 bridgehead atoms. The maximum Gasteiger partial charge on any atom is 0.227 e. The van der Waals surface area contributed by atoms with Crippen molar-refractivity contribution in [2.24, 2.45) is 4.99 Å². The zero-order valence-corrected chi connectivity index (χ0v) is 18.7. The first-order valence-electron chi connectivity index (χ1n) is 10.2. The molecule has 5 rings (SSSR count). The summed E-state index contributed by atoms with van der Waals surface area (Å²) in [7, 11) is 0. The average Bonchev–Trinajstić information content (AvgIpc) is 3.26. The van der Waals surface area contributed by atoms with Crippen molar-refractivity contribution in [3.63, 3.8) is 0 Å². The molecule has 2 aliphatic rings. The third kappa shape index (κ3) is 4.66. The summed E-state index contributed by atoms with van der Waals surface area (Å²) in [5.74, 6) is 0.150. The highest BCUT2D eigenvalue weighted by molar-refractivity contribution is 9.18. The Hall–Kier alpha value is -3.24. The van der Waals surface area contributed by atoms with Gasteiger partial charge in [0.05, 0.1) is 24.6 Å². The van der Waals surface area contributed by atoms with Crippen LogP contribution in [0, 0.1) is 5.82 Å². The minimum atomic E-state index is -0.293. The van der Waals surface area contributed by atoms with E-state index in [-0.39, 0.29) is 5.82 Å². The van der Waals surface area contributed by atoms with Crippen LogP contribution in [-0.2, 0) is 4.74 Å². The number of aromatic nitrogens is 2. The van der Waals surface area contributed by atoms with E-state index in [4.69, 9.17) is 4.74 Å². The van der Waals surface area contributed by atoms with Crippen LogP contribution in [0.25, 0.3) is 11.3 Å². The molecule has 0 spiro atoms. The summed E-state index contributed by atoms with van der Waals surface area (Å²) in [5.41, 5.74) is 7.13. The quantitative estimate of drug-likeness (QED) is 0.517. The molecule has 3 heterocycles. The highest BCUT2D eigenvalue weighted by Crippen LogP contribution is 2.27. The van der Waals surface area contributed by atoms with Gasteiger partial charge in [0, 0.05) is 36.2 Å². The Morgan fingerprint density at radius 2 is 1.84 bits per heavy atom. The first kappa shape index (κ1) is 20.7. The molecule has 0 radical (unpaired) electrons. The standard InChI is InChI=1S/C22H21BrFN7O/c23-21-26-14-31(29-21)18-3-1-17(2-4-18)27-22-25-6-5-20(28-22)15-11-16(24)13-19(12-15)30-7-9-32-10-8-30/h1-6,11-13H,7-10,14H2,(H,26,29)(H,25,27,28). The monoisotopic (exact) mass is 497 g/mol. The molecule has 1 fully saturated rings.